The number of carbonyl (C=O) groups excluding carboxylic acids is 1. The highest BCUT2D eigenvalue weighted by Gasteiger charge is 2.36. The van der Waals surface area contributed by atoms with Crippen molar-refractivity contribution in [1.29, 1.82) is 0 Å². The number of hydrogen-bond acceptors (Lipinski definition) is 5. The van der Waals surface area contributed by atoms with Crippen LogP contribution in [0.4, 0.5) is 5.69 Å². The molecule has 1 atom stereocenters. The van der Waals surface area contributed by atoms with Gasteiger partial charge in [0.05, 0.1) is 16.3 Å². The number of amides is 1. The van der Waals surface area contributed by atoms with Crippen molar-refractivity contribution >= 4 is 44.1 Å². The number of fused-ring (bicyclic) bond motifs is 1. The second-order valence-corrected chi connectivity index (χ2v) is 12.8. The highest BCUT2D eigenvalue weighted by atomic mass is 35.5. The van der Waals surface area contributed by atoms with Gasteiger partial charge in [0, 0.05) is 61.6 Å². The molecular weight excluding hydrogens is 544 g/mol. The molecule has 0 aliphatic carbocycles. The number of hydrogen-bond donors (Lipinski definition) is 0. The lowest BCUT2D eigenvalue weighted by molar-refractivity contribution is -0.137. The molecule has 2 aliphatic rings. The minimum Gasteiger partial charge on any atom is -0.367 e. The van der Waals surface area contributed by atoms with Crippen LogP contribution < -0.4 is 4.90 Å². The number of halogens is 1. The van der Waals surface area contributed by atoms with Crippen LogP contribution in [-0.2, 0) is 14.8 Å². The van der Waals surface area contributed by atoms with Gasteiger partial charge >= 0.3 is 0 Å². The summed E-state index contributed by atoms with van der Waals surface area (Å²) in [5.74, 6) is -0.284. The van der Waals surface area contributed by atoms with Crippen molar-refractivity contribution in [3.8, 4) is 11.1 Å². The normalized spacial score (nSPS) is 18.7. The fourth-order valence-electron chi connectivity index (χ4n) is 5.77. The SMILES string of the molecule is O=C(C1CCCN(S(=O)(=O)c2ccc(-c3ccccc3)cc2)C1)N1CCN(c2ccnc3cc(Cl)ccc23)CC1. The van der Waals surface area contributed by atoms with Crippen molar-refractivity contribution in [2.75, 3.05) is 44.2 Å². The molecule has 4 aromatic rings. The molecule has 0 radical (unpaired) electrons. The molecule has 7 nitrogen and oxygen atoms in total. The monoisotopic (exact) mass is 574 g/mol. The van der Waals surface area contributed by atoms with Gasteiger partial charge in [0.2, 0.25) is 15.9 Å². The first-order valence-corrected chi connectivity index (χ1v) is 15.5. The number of benzene rings is 3. The van der Waals surface area contributed by atoms with E-state index < -0.39 is 10.0 Å². The zero-order valence-corrected chi connectivity index (χ0v) is 23.7. The van der Waals surface area contributed by atoms with Gasteiger partial charge in [0.1, 0.15) is 0 Å². The van der Waals surface area contributed by atoms with Crippen LogP contribution in [-0.4, -0.2) is 67.8 Å². The second-order valence-electron chi connectivity index (χ2n) is 10.4. The summed E-state index contributed by atoms with van der Waals surface area (Å²) in [6.45, 7) is 3.25. The van der Waals surface area contributed by atoms with Gasteiger partial charge in [-0.05, 0) is 60.4 Å². The number of sulfonamides is 1. The van der Waals surface area contributed by atoms with Crippen LogP contribution in [0.5, 0.6) is 0 Å². The van der Waals surface area contributed by atoms with Gasteiger partial charge in [-0.3, -0.25) is 9.78 Å². The third-order valence-corrected chi connectivity index (χ3v) is 10.1. The predicted molar refractivity (Wildman–Crippen MR) is 159 cm³/mol. The predicted octanol–water partition coefficient (Wildman–Crippen LogP) is 5.30. The highest BCUT2D eigenvalue weighted by molar-refractivity contribution is 7.89. The van der Waals surface area contributed by atoms with E-state index in [1.807, 2.05) is 71.6 Å². The average Bonchev–Trinajstić information content (AvgIpc) is 3.01. The van der Waals surface area contributed by atoms with Crippen molar-refractivity contribution < 1.29 is 13.2 Å². The van der Waals surface area contributed by atoms with E-state index in [0.29, 0.717) is 50.6 Å². The molecule has 2 saturated heterocycles. The standard InChI is InChI=1S/C31H31ClN4O3S/c32-26-10-13-28-29(21-26)33-15-14-30(28)34-17-19-35(20-18-34)31(37)25-7-4-16-36(22-25)40(38,39)27-11-8-24(9-12-27)23-5-2-1-3-6-23/h1-3,5-6,8-15,21,25H,4,7,16-20,22H2. The Bertz CT molecular complexity index is 1620. The third-order valence-electron chi connectivity index (χ3n) is 7.95. The summed E-state index contributed by atoms with van der Waals surface area (Å²) in [5.41, 5.74) is 3.94. The van der Waals surface area contributed by atoms with Crippen LogP contribution in [0.2, 0.25) is 5.02 Å². The van der Waals surface area contributed by atoms with Gasteiger partial charge in [-0.1, -0.05) is 54.1 Å². The Hall–Kier alpha value is -3.46. The van der Waals surface area contributed by atoms with Crippen LogP contribution in [0.25, 0.3) is 22.0 Å². The summed E-state index contributed by atoms with van der Waals surface area (Å²) < 4.78 is 28.5. The number of rotatable bonds is 5. The maximum atomic E-state index is 13.5. The third kappa shape index (κ3) is 5.31. The summed E-state index contributed by atoms with van der Waals surface area (Å²) >= 11 is 6.15. The Morgan fingerprint density at radius 1 is 0.850 bits per heavy atom. The van der Waals surface area contributed by atoms with Crippen LogP contribution in [0.3, 0.4) is 0 Å². The van der Waals surface area contributed by atoms with Crippen LogP contribution in [0, 0.1) is 5.92 Å². The lowest BCUT2D eigenvalue weighted by Gasteiger charge is -2.39. The van der Waals surface area contributed by atoms with Gasteiger partial charge in [0.15, 0.2) is 0 Å². The Balaban J connectivity index is 1.10. The van der Waals surface area contributed by atoms with Gasteiger partial charge in [-0.2, -0.15) is 4.31 Å². The zero-order valence-electron chi connectivity index (χ0n) is 22.1. The first-order valence-electron chi connectivity index (χ1n) is 13.6. The van der Waals surface area contributed by atoms with Gasteiger partial charge < -0.3 is 9.80 Å². The quantitative estimate of drug-likeness (QED) is 0.323. The van der Waals surface area contributed by atoms with E-state index >= 15 is 0 Å². The molecule has 1 unspecified atom stereocenters. The minimum absolute atomic E-state index is 0.0466. The Morgan fingerprint density at radius 2 is 1.57 bits per heavy atom. The van der Waals surface area contributed by atoms with Gasteiger partial charge in [-0.25, -0.2) is 8.42 Å². The van der Waals surface area contributed by atoms with Crippen molar-refractivity contribution in [3.05, 3.63) is 90.1 Å². The van der Waals surface area contributed by atoms with Crippen LogP contribution in [0.15, 0.2) is 90.0 Å². The molecule has 9 heteroatoms. The number of pyridine rings is 1. The second kappa shape index (κ2) is 11.2. The molecule has 2 aliphatic heterocycles. The molecule has 0 spiro atoms. The van der Waals surface area contributed by atoms with Crippen LogP contribution in [0.1, 0.15) is 12.8 Å². The molecule has 0 saturated carbocycles. The van der Waals surface area contributed by atoms with E-state index in [-0.39, 0.29) is 23.3 Å². The van der Waals surface area contributed by atoms with E-state index in [4.69, 9.17) is 11.6 Å². The number of nitrogens with zero attached hydrogens (tertiary/aromatic N) is 4. The van der Waals surface area contributed by atoms with Gasteiger partial charge in [0.25, 0.3) is 0 Å². The average molecular weight is 575 g/mol. The molecule has 6 rings (SSSR count). The summed E-state index contributed by atoms with van der Waals surface area (Å²) in [5, 5.41) is 1.69. The van der Waals surface area contributed by atoms with E-state index in [2.05, 4.69) is 9.88 Å². The largest absolute Gasteiger partial charge is 0.367 e. The Kier molecular flexibility index (Phi) is 7.49. The van der Waals surface area contributed by atoms with E-state index in [1.165, 1.54) is 4.31 Å². The van der Waals surface area contributed by atoms with Crippen molar-refractivity contribution in [2.45, 2.75) is 17.7 Å². The first-order chi connectivity index (χ1) is 19.4. The smallest absolute Gasteiger partial charge is 0.243 e. The molecule has 1 amide bonds. The number of anilines is 1. The van der Waals surface area contributed by atoms with E-state index in [9.17, 15) is 13.2 Å². The zero-order chi connectivity index (χ0) is 27.7. The molecule has 2 fully saturated rings. The molecule has 3 aromatic carbocycles. The lowest BCUT2D eigenvalue weighted by atomic mass is 9.97. The fraction of sp³-hybridized carbons (Fsp3) is 0.290. The van der Waals surface area contributed by atoms with Crippen LogP contribution >= 0.6 is 11.6 Å². The summed E-state index contributed by atoms with van der Waals surface area (Å²) in [6.07, 6.45) is 3.16. The fourth-order valence-corrected chi connectivity index (χ4v) is 7.46. The molecule has 0 bridgehead atoms. The van der Waals surface area contributed by atoms with Gasteiger partial charge in [-0.15, -0.1) is 0 Å². The van der Waals surface area contributed by atoms with Crippen molar-refractivity contribution in [3.63, 3.8) is 0 Å². The molecule has 0 N–H and O–H groups in total. The highest BCUT2D eigenvalue weighted by Crippen LogP contribution is 2.30. The molecular formula is C31H31ClN4O3S. The first kappa shape index (κ1) is 26.7. The molecule has 40 heavy (non-hydrogen) atoms. The maximum Gasteiger partial charge on any atom is 0.243 e. The summed E-state index contributed by atoms with van der Waals surface area (Å²) in [6, 6.07) is 24.6. The Morgan fingerprint density at radius 3 is 2.33 bits per heavy atom. The van der Waals surface area contributed by atoms with E-state index in [0.717, 1.165) is 27.7 Å². The molecule has 1 aromatic heterocycles. The topological polar surface area (TPSA) is 73.8 Å². The minimum atomic E-state index is -3.69. The molecule has 3 heterocycles. The maximum absolute atomic E-state index is 13.5. The summed E-state index contributed by atoms with van der Waals surface area (Å²) in [4.78, 5) is 22.4. The molecule has 206 valence electrons. The van der Waals surface area contributed by atoms with E-state index in [1.54, 1.807) is 18.3 Å². The number of carbonyl (C=O) groups is 1. The van der Waals surface area contributed by atoms with Crippen molar-refractivity contribution in [2.24, 2.45) is 5.92 Å². The summed E-state index contributed by atoms with van der Waals surface area (Å²) in [7, 11) is -3.69. The lowest BCUT2D eigenvalue weighted by Crippen LogP contribution is -2.53. The number of piperidine rings is 1. The van der Waals surface area contributed by atoms with Crippen molar-refractivity contribution in [1.82, 2.24) is 14.2 Å². The Labute approximate surface area is 240 Å². The number of piperazine rings is 1. The number of aromatic nitrogens is 1.